The quantitative estimate of drug-likeness (QED) is 0.721. The van der Waals surface area contributed by atoms with Gasteiger partial charge in [0.15, 0.2) is 0 Å². The van der Waals surface area contributed by atoms with Gasteiger partial charge in [0.05, 0.1) is 0 Å². The van der Waals surface area contributed by atoms with E-state index in [4.69, 9.17) is 0 Å². The number of benzene rings is 1. The summed E-state index contributed by atoms with van der Waals surface area (Å²) < 4.78 is 26.8. The van der Waals surface area contributed by atoms with Gasteiger partial charge in [0.2, 0.25) is 0 Å². The Bertz CT molecular complexity index is 413. The molecule has 0 aliphatic carbocycles. The van der Waals surface area contributed by atoms with Crippen LogP contribution in [0.3, 0.4) is 0 Å². The van der Waals surface area contributed by atoms with Crippen LogP contribution in [0.5, 0.6) is 0 Å². The summed E-state index contributed by atoms with van der Waals surface area (Å²) in [6.07, 6.45) is 2.97. The molecule has 1 amide bonds. The van der Waals surface area contributed by atoms with Crippen molar-refractivity contribution in [1.29, 1.82) is 0 Å². The van der Waals surface area contributed by atoms with Crippen molar-refractivity contribution < 1.29 is 13.6 Å². The maximum atomic E-state index is 13.4. The van der Waals surface area contributed by atoms with Gasteiger partial charge in [0, 0.05) is 13.1 Å². The third kappa shape index (κ3) is 3.00. The van der Waals surface area contributed by atoms with Crippen LogP contribution < -0.4 is 0 Å². The Hall–Kier alpha value is -1.97. The summed E-state index contributed by atoms with van der Waals surface area (Å²) in [6, 6.07) is 3.32. The van der Waals surface area contributed by atoms with Crippen molar-refractivity contribution in [3.8, 4) is 0 Å². The van der Waals surface area contributed by atoms with Crippen LogP contribution in [0.4, 0.5) is 8.78 Å². The third-order valence-electron chi connectivity index (χ3n) is 2.16. The first-order valence-corrected chi connectivity index (χ1v) is 5.07. The van der Waals surface area contributed by atoms with Crippen molar-refractivity contribution in [3.05, 3.63) is 60.7 Å². The van der Waals surface area contributed by atoms with Crippen LogP contribution in [0.15, 0.2) is 43.5 Å². The molecule has 0 aliphatic heterocycles. The van der Waals surface area contributed by atoms with E-state index >= 15 is 0 Å². The molecule has 1 aromatic carbocycles. The monoisotopic (exact) mass is 237 g/mol. The number of rotatable bonds is 5. The molecular weight excluding hydrogens is 224 g/mol. The molecule has 1 aromatic rings. The van der Waals surface area contributed by atoms with Gasteiger partial charge in [-0.1, -0.05) is 18.2 Å². The summed E-state index contributed by atoms with van der Waals surface area (Å²) in [6.45, 7) is 7.39. The van der Waals surface area contributed by atoms with Crippen LogP contribution in [-0.2, 0) is 0 Å². The zero-order valence-electron chi connectivity index (χ0n) is 9.33. The molecule has 0 unspecified atom stereocenters. The van der Waals surface area contributed by atoms with Crippen molar-refractivity contribution in [1.82, 2.24) is 4.90 Å². The second-order valence-corrected chi connectivity index (χ2v) is 3.38. The van der Waals surface area contributed by atoms with Gasteiger partial charge in [-0.2, -0.15) is 0 Å². The van der Waals surface area contributed by atoms with E-state index in [1.54, 1.807) is 0 Å². The third-order valence-corrected chi connectivity index (χ3v) is 2.16. The highest BCUT2D eigenvalue weighted by Crippen LogP contribution is 2.14. The molecule has 0 saturated heterocycles. The average Bonchev–Trinajstić information content (AvgIpc) is 2.28. The predicted octanol–water partition coefficient (Wildman–Crippen LogP) is 2.78. The van der Waals surface area contributed by atoms with E-state index in [1.807, 2.05) is 0 Å². The van der Waals surface area contributed by atoms with Gasteiger partial charge in [-0.05, 0) is 12.1 Å². The second-order valence-electron chi connectivity index (χ2n) is 3.38. The Morgan fingerprint density at radius 3 is 2.06 bits per heavy atom. The van der Waals surface area contributed by atoms with Crippen molar-refractivity contribution >= 4 is 5.91 Å². The zero-order valence-corrected chi connectivity index (χ0v) is 9.33. The number of hydrogen-bond donors (Lipinski definition) is 0. The van der Waals surface area contributed by atoms with E-state index in [9.17, 15) is 13.6 Å². The molecule has 0 radical (unpaired) electrons. The van der Waals surface area contributed by atoms with Crippen LogP contribution in [0.25, 0.3) is 0 Å². The van der Waals surface area contributed by atoms with Crippen LogP contribution in [0.2, 0.25) is 0 Å². The normalized spacial score (nSPS) is 9.76. The fourth-order valence-electron chi connectivity index (χ4n) is 1.41. The van der Waals surface area contributed by atoms with Crippen LogP contribution in [0.1, 0.15) is 10.4 Å². The van der Waals surface area contributed by atoms with Crippen LogP contribution in [-0.4, -0.2) is 23.9 Å². The minimum Gasteiger partial charge on any atom is -0.331 e. The lowest BCUT2D eigenvalue weighted by molar-refractivity contribution is 0.0781. The summed E-state index contributed by atoms with van der Waals surface area (Å²) in [5, 5.41) is 0. The molecule has 0 fully saturated rings. The SMILES string of the molecule is C=CCN(CC=C)C(=O)c1c(F)cccc1F. The summed E-state index contributed by atoms with van der Waals surface area (Å²) >= 11 is 0. The first-order chi connectivity index (χ1) is 8.11. The van der Waals surface area contributed by atoms with E-state index in [0.717, 1.165) is 12.1 Å². The highest BCUT2D eigenvalue weighted by atomic mass is 19.1. The first-order valence-electron chi connectivity index (χ1n) is 5.07. The summed E-state index contributed by atoms with van der Waals surface area (Å²) in [7, 11) is 0. The highest BCUT2D eigenvalue weighted by molar-refractivity contribution is 5.95. The Morgan fingerprint density at radius 1 is 1.18 bits per heavy atom. The molecule has 0 heterocycles. The van der Waals surface area contributed by atoms with Gasteiger partial charge in [-0.15, -0.1) is 13.2 Å². The van der Waals surface area contributed by atoms with Gasteiger partial charge in [0.1, 0.15) is 17.2 Å². The van der Waals surface area contributed by atoms with E-state index < -0.39 is 23.1 Å². The van der Waals surface area contributed by atoms with Crippen LogP contribution in [0, 0.1) is 11.6 Å². The van der Waals surface area contributed by atoms with Crippen molar-refractivity contribution in [2.75, 3.05) is 13.1 Å². The maximum absolute atomic E-state index is 13.4. The summed E-state index contributed by atoms with van der Waals surface area (Å²) in [5.74, 6) is -2.44. The van der Waals surface area contributed by atoms with Crippen LogP contribution >= 0.6 is 0 Å². The van der Waals surface area contributed by atoms with Gasteiger partial charge in [-0.3, -0.25) is 4.79 Å². The Labute approximate surface area is 98.9 Å². The predicted molar refractivity (Wildman–Crippen MR) is 62.7 cm³/mol. The minimum absolute atomic E-state index is 0.207. The number of hydrogen-bond acceptors (Lipinski definition) is 1. The number of amides is 1. The molecule has 2 nitrogen and oxygen atoms in total. The highest BCUT2D eigenvalue weighted by Gasteiger charge is 2.21. The average molecular weight is 237 g/mol. The molecule has 0 aliphatic rings. The van der Waals surface area contributed by atoms with Gasteiger partial charge >= 0.3 is 0 Å². The smallest absolute Gasteiger partial charge is 0.260 e. The molecule has 4 heteroatoms. The molecular formula is C13H13F2NO. The number of carbonyl (C=O) groups excluding carboxylic acids is 1. The number of halogens is 2. The Balaban J connectivity index is 3.08. The lowest BCUT2D eigenvalue weighted by Crippen LogP contribution is -2.32. The van der Waals surface area contributed by atoms with E-state index in [-0.39, 0.29) is 13.1 Å². The lowest BCUT2D eigenvalue weighted by Gasteiger charge is -2.19. The molecule has 0 saturated carbocycles. The Kier molecular flexibility index (Phi) is 4.57. The van der Waals surface area contributed by atoms with Gasteiger partial charge in [-0.25, -0.2) is 8.78 Å². The van der Waals surface area contributed by atoms with E-state index in [0.29, 0.717) is 0 Å². The molecule has 0 atom stereocenters. The fourth-order valence-corrected chi connectivity index (χ4v) is 1.41. The fraction of sp³-hybridized carbons (Fsp3) is 0.154. The standard InChI is InChI=1S/C13H13F2NO/c1-3-8-16(9-4-2)13(17)12-10(14)6-5-7-11(12)15/h3-7H,1-2,8-9H2. The molecule has 0 bridgehead atoms. The van der Waals surface area contributed by atoms with E-state index in [2.05, 4.69) is 13.2 Å². The van der Waals surface area contributed by atoms with Gasteiger partial charge in [0.25, 0.3) is 5.91 Å². The lowest BCUT2D eigenvalue weighted by atomic mass is 10.1. The van der Waals surface area contributed by atoms with Gasteiger partial charge < -0.3 is 4.90 Å². The van der Waals surface area contributed by atoms with Crippen molar-refractivity contribution in [2.45, 2.75) is 0 Å². The molecule has 1 rings (SSSR count). The minimum atomic E-state index is -0.867. The summed E-state index contributed by atoms with van der Waals surface area (Å²) in [5.41, 5.74) is -0.545. The van der Waals surface area contributed by atoms with Crippen molar-refractivity contribution in [3.63, 3.8) is 0 Å². The second kappa shape index (κ2) is 5.94. The zero-order chi connectivity index (χ0) is 12.8. The summed E-state index contributed by atoms with van der Waals surface area (Å²) in [4.78, 5) is 13.2. The first kappa shape index (κ1) is 13.1. The van der Waals surface area contributed by atoms with Crippen molar-refractivity contribution in [2.24, 2.45) is 0 Å². The number of nitrogens with zero attached hydrogens (tertiary/aromatic N) is 1. The molecule has 0 N–H and O–H groups in total. The molecule has 17 heavy (non-hydrogen) atoms. The topological polar surface area (TPSA) is 20.3 Å². The van der Waals surface area contributed by atoms with E-state index in [1.165, 1.54) is 23.1 Å². The number of carbonyl (C=O) groups is 1. The Morgan fingerprint density at radius 2 is 1.65 bits per heavy atom. The maximum Gasteiger partial charge on any atom is 0.260 e. The molecule has 0 spiro atoms. The largest absolute Gasteiger partial charge is 0.331 e. The molecule has 0 aromatic heterocycles. The molecule has 90 valence electrons.